The highest BCUT2D eigenvalue weighted by molar-refractivity contribution is 5.72. The topological polar surface area (TPSA) is 47.6 Å². The van der Waals surface area contributed by atoms with Gasteiger partial charge in [-0.2, -0.15) is 0 Å². The van der Waals surface area contributed by atoms with E-state index in [1.165, 1.54) is 141 Å². The lowest BCUT2D eigenvalue weighted by molar-refractivity contribution is -0.120. The third-order valence-electron chi connectivity index (χ3n) is 7.38. The fourth-order valence-electron chi connectivity index (χ4n) is 4.88. The highest BCUT2D eigenvalue weighted by Crippen LogP contribution is 2.13. The van der Waals surface area contributed by atoms with Gasteiger partial charge in [-0.1, -0.05) is 155 Å². The summed E-state index contributed by atoms with van der Waals surface area (Å²) >= 11 is 0. The lowest BCUT2D eigenvalue weighted by atomic mass is 10.1. The van der Waals surface area contributed by atoms with Crippen LogP contribution >= 0.6 is 0 Å². The lowest BCUT2D eigenvalue weighted by Gasteiger charge is -2.18. The fourth-order valence-corrected chi connectivity index (χ4v) is 4.88. The van der Waals surface area contributed by atoms with Crippen LogP contribution in [0.1, 0.15) is 175 Å². The summed E-state index contributed by atoms with van der Waals surface area (Å²) in [5.74, 6) is -0.0000714. The van der Waals surface area contributed by atoms with Crippen LogP contribution in [0.2, 0.25) is 0 Å². The fraction of sp³-hybridized carbons (Fsp3) is 0.970. The van der Waals surface area contributed by atoms with E-state index in [9.17, 15) is 4.79 Å². The smallest absolute Gasteiger partial charge is 0.216 e. The number of ether oxygens (including phenoxy) is 2. The van der Waals surface area contributed by atoms with Gasteiger partial charge in [0, 0.05) is 26.7 Å². The second-order valence-electron chi connectivity index (χ2n) is 11.3. The van der Waals surface area contributed by atoms with Gasteiger partial charge >= 0.3 is 0 Å². The molecule has 1 amide bonds. The third-order valence-corrected chi connectivity index (χ3v) is 7.38. The number of hydrogen-bond donors (Lipinski definition) is 1. The largest absolute Gasteiger partial charge is 0.379 e. The van der Waals surface area contributed by atoms with Crippen molar-refractivity contribution in [2.24, 2.45) is 0 Å². The predicted octanol–water partition coefficient (Wildman–Crippen LogP) is 9.93. The summed E-state index contributed by atoms with van der Waals surface area (Å²) < 4.78 is 12.0. The third kappa shape index (κ3) is 31.5. The maximum Gasteiger partial charge on any atom is 0.216 e. The van der Waals surface area contributed by atoms with Crippen molar-refractivity contribution in [1.82, 2.24) is 5.32 Å². The molecule has 0 heterocycles. The number of rotatable bonds is 31. The summed E-state index contributed by atoms with van der Waals surface area (Å²) in [7, 11) is 0. The number of nitrogens with one attached hydrogen (secondary N) is 1. The van der Waals surface area contributed by atoms with Gasteiger partial charge in [-0.3, -0.25) is 4.79 Å². The summed E-state index contributed by atoms with van der Waals surface area (Å²) in [5, 5.41) is 2.90. The summed E-state index contributed by atoms with van der Waals surface area (Å²) in [6.07, 6.45) is 32.5. The van der Waals surface area contributed by atoms with Crippen LogP contribution in [0.15, 0.2) is 0 Å². The second-order valence-corrected chi connectivity index (χ2v) is 11.3. The van der Waals surface area contributed by atoms with Crippen molar-refractivity contribution in [3.8, 4) is 0 Å². The van der Waals surface area contributed by atoms with Crippen molar-refractivity contribution >= 4 is 5.91 Å². The Morgan fingerprint density at radius 1 is 0.541 bits per heavy atom. The van der Waals surface area contributed by atoms with Crippen molar-refractivity contribution in [3.05, 3.63) is 0 Å². The maximum atomic E-state index is 11.3. The average Bonchev–Trinajstić information content (AvgIpc) is 2.89. The molecule has 0 fully saturated rings. The van der Waals surface area contributed by atoms with Crippen LogP contribution in [0.5, 0.6) is 0 Å². The Labute approximate surface area is 232 Å². The molecule has 1 atom stereocenters. The molecule has 0 aromatic rings. The molecule has 4 heteroatoms. The molecule has 222 valence electrons. The first-order valence-electron chi connectivity index (χ1n) is 16.6. The van der Waals surface area contributed by atoms with E-state index in [2.05, 4.69) is 19.2 Å². The van der Waals surface area contributed by atoms with E-state index in [1.807, 2.05) is 0 Å². The maximum absolute atomic E-state index is 11.3. The Kier molecular flexibility index (Phi) is 31.1. The highest BCUT2D eigenvalue weighted by Gasteiger charge is 2.10. The average molecular weight is 526 g/mol. The first-order chi connectivity index (χ1) is 18.2. The quantitative estimate of drug-likeness (QED) is 0.0916. The predicted molar refractivity (Wildman–Crippen MR) is 161 cm³/mol. The van der Waals surface area contributed by atoms with Crippen molar-refractivity contribution in [3.63, 3.8) is 0 Å². The summed E-state index contributed by atoms with van der Waals surface area (Å²) in [5.41, 5.74) is 0. The molecule has 4 nitrogen and oxygen atoms in total. The molecule has 0 aliphatic heterocycles. The monoisotopic (exact) mass is 526 g/mol. The minimum absolute atomic E-state index is 0.0000714. The Morgan fingerprint density at radius 3 is 1.27 bits per heavy atom. The Bertz CT molecular complexity index is 443. The zero-order valence-electron chi connectivity index (χ0n) is 25.6. The Hall–Kier alpha value is -0.610. The lowest BCUT2D eigenvalue weighted by Crippen LogP contribution is -2.35. The van der Waals surface area contributed by atoms with E-state index in [0.29, 0.717) is 13.2 Å². The van der Waals surface area contributed by atoms with Gasteiger partial charge in [0.25, 0.3) is 0 Å². The highest BCUT2D eigenvalue weighted by atomic mass is 16.5. The number of carbonyl (C=O) groups is 1. The standard InChI is InChI=1S/C33H67NO3/c1-4-6-8-10-12-14-16-18-20-22-24-26-28-36-31-33(30-34-32(3)35)37-29-27-25-23-21-19-17-15-13-11-9-7-5-2/h33H,4-31H2,1-3H3,(H,34,35). The molecular formula is C33H67NO3. The molecule has 0 aromatic heterocycles. The van der Waals surface area contributed by atoms with E-state index in [4.69, 9.17) is 9.47 Å². The number of carbonyl (C=O) groups excluding carboxylic acids is 1. The van der Waals surface area contributed by atoms with E-state index in [0.717, 1.165) is 26.1 Å². The molecule has 0 saturated carbocycles. The molecule has 0 saturated heterocycles. The normalized spacial score (nSPS) is 12.2. The van der Waals surface area contributed by atoms with Crippen LogP contribution in [-0.4, -0.2) is 38.4 Å². The minimum Gasteiger partial charge on any atom is -0.379 e. The van der Waals surface area contributed by atoms with Gasteiger partial charge in [0.1, 0.15) is 0 Å². The molecule has 0 radical (unpaired) electrons. The number of unbranched alkanes of at least 4 members (excludes halogenated alkanes) is 22. The van der Waals surface area contributed by atoms with E-state index in [1.54, 1.807) is 6.92 Å². The molecule has 0 bridgehead atoms. The molecule has 1 N–H and O–H groups in total. The number of hydrogen-bond acceptors (Lipinski definition) is 3. The molecule has 0 aliphatic rings. The van der Waals surface area contributed by atoms with Gasteiger partial charge in [-0.05, 0) is 12.8 Å². The van der Waals surface area contributed by atoms with Crippen LogP contribution in [0.3, 0.4) is 0 Å². The van der Waals surface area contributed by atoms with E-state index in [-0.39, 0.29) is 12.0 Å². The molecular weight excluding hydrogens is 458 g/mol. The van der Waals surface area contributed by atoms with Gasteiger partial charge in [-0.15, -0.1) is 0 Å². The molecule has 0 aliphatic carbocycles. The number of amides is 1. The van der Waals surface area contributed by atoms with Gasteiger partial charge in [0.15, 0.2) is 0 Å². The van der Waals surface area contributed by atoms with Crippen molar-refractivity contribution in [2.75, 3.05) is 26.4 Å². The SMILES string of the molecule is CCCCCCCCCCCCCCOCC(CNC(C)=O)OCCCCCCCCCCCCCC. The molecule has 0 rings (SSSR count). The van der Waals surface area contributed by atoms with E-state index < -0.39 is 0 Å². The Morgan fingerprint density at radius 2 is 0.892 bits per heavy atom. The van der Waals surface area contributed by atoms with Crippen molar-refractivity contribution < 1.29 is 14.3 Å². The van der Waals surface area contributed by atoms with Crippen molar-refractivity contribution in [2.45, 2.75) is 181 Å². The van der Waals surface area contributed by atoms with Gasteiger partial charge in [0.05, 0.1) is 12.7 Å². The molecule has 1 unspecified atom stereocenters. The molecule has 0 spiro atoms. The van der Waals surface area contributed by atoms with Crippen LogP contribution in [0, 0.1) is 0 Å². The first-order valence-corrected chi connectivity index (χ1v) is 16.6. The van der Waals surface area contributed by atoms with Gasteiger partial charge < -0.3 is 14.8 Å². The summed E-state index contributed by atoms with van der Waals surface area (Å²) in [6.45, 7) is 8.82. The molecule has 37 heavy (non-hydrogen) atoms. The summed E-state index contributed by atoms with van der Waals surface area (Å²) in [4.78, 5) is 11.3. The van der Waals surface area contributed by atoms with E-state index >= 15 is 0 Å². The Balaban J connectivity index is 3.58. The van der Waals surface area contributed by atoms with Crippen LogP contribution in [0.4, 0.5) is 0 Å². The minimum atomic E-state index is -0.0334. The molecule has 0 aromatic carbocycles. The van der Waals surface area contributed by atoms with Crippen LogP contribution in [-0.2, 0) is 14.3 Å². The second kappa shape index (κ2) is 31.6. The van der Waals surface area contributed by atoms with Gasteiger partial charge in [-0.25, -0.2) is 0 Å². The zero-order chi connectivity index (χ0) is 27.1. The van der Waals surface area contributed by atoms with Crippen LogP contribution in [0.25, 0.3) is 0 Å². The summed E-state index contributed by atoms with van der Waals surface area (Å²) in [6, 6.07) is 0. The van der Waals surface area contributed by atoms with Crippen LogP contribution < -0.4 is 5.32 Å². The van der Waals surface area contributed by atoms with Crippen molar-refractivity contribution in [1.29, 1.82) is 0 Å². The van der Waals surface area contributed by atoms with Gasteiger partial charge in [0.2, 0.25) is 5.91 Å². The zero-order valence-corrected chi connectivity index (χ0v) is 25.6. The first kappa shape index (κ1) is 36.4.